The van der Waals surface area contributed by atoms with Gasteiger partial charge in [0.1, 0.15) is 0 Å². The van der Waals surface area contributed by atoms with Gasteiger partial charge in [0.15, 0.2) is 0 Å². The molecule has 0 spiro atoms. The summed E-state index contributed by atoms with van der Waals surface area (Å²) in [7, 11) is 0. The van der Waals surface area contributed by atoms with Crippen LogP contribution in [0.1, 0.15) is 18.0 Å². The number of hydrogen-bond acceptors (Lipinski definition) is 2. The van der Waals surface area contributed by atoms with Crippen molar-refractivity contribution in [1.29, 1.82) is 0 Å². The van der Waals surface area contributed by atoms with E-state index in [2.05, 4.69) is 21.5 Å². The average molecular weight is 269 g/mol. The monoisotopic (exact) mass is 268 g/mol. The number of nitrogens with one attached hydrogen (secondary N) is 1. The molecule has 3 amide bonds. The number of imide groups is 1. The maximum Gasteiger partial charge on any atom is 0.334 e. The maximum atomic E-state index is 11.4. The zero-order valence-corrected chi connectivity index (χ0v) is 9.40. The van der Waals surface area contributed by atoms with Gasteiger partial charge in [-0.25, -0.2) is 4.79 Å². The quantitative estimate of drug-likeness (QED) is 0.792. The first kappa shape index (κ1) is 10.2. The summed E-state index contributed by atoms with van der Waals surface area (Å²) in [5.41, 5.74) is 0.944. The molecule has 1 aromatic rings. The van der Waals surface area contributed by atoms with Crippen molar-refractivity contribution in [2.75, 3.05) is 0 Å². The number of urea groups is 1. The summed E-state index contributed by atoms with van der Waals surface area (Å²) in [4.78, 5) is 22.7. The Morgan fingerprint density at radius 2 is 1.93 bits per heavy atom. The summed E-state index contributed by atoms with van der Waals surface area (Å²) in [5.74, 6) is -0.229. The van der Waals surface area contributed by atoms with Gasteiger partial charge in [-0.15, -0.1) is 0 Å². The van der Waals surface area contributed by atoms with Gasteiger partial charge in [0.2, 0.25) is 5.91 Å². The Labute approximate surface area is 95.6 Å². The molecule has 0 radical (unpaired) electrons. The van der Waals surface area contributed by atoms with E-state index in [9.17, 15) is 9.59 Å². The van der Waals surface area contributed by atoms with E-state index in [-0.39, 0.29) is 18.4 Å². The molecule has 15 heavy (non-hydrogen) atoms. The van der Waals surface area contributed by atoms with Crippen LogP contribution in [0.15, 0.2) is 30.3 Å². The third-order valence-electron chi connectivity index (χ3n) is 2.28. The Bertz CT molecular complexity index is 376. The lowest BCUT2D eigenvalue weighted by Crippen LogP contribution is -2.46. The fraction of sp³-hybridized carbons (Fsp3) is 0.200. The van der Waals surface area contributed by atoms with Gasteiger partial charge in [0.05, 0.1) is 28.6 Å². The fourth-order valence-electron chi connectivity index (χ4n) is 1.51. The summed E-state index contributed by atoms with van der Waals surface area (Å²) < 4.78 is 0.923. The zero-order chi connectivity index (χ0) is 10.8. The molecule has 1 atom stereocenters. The molecule has 0 bridgehead atoms. The first-order valence-electron chi connectivity index (χ1n) is 4.52. The van der Waals surface area contributed by atoms with E-state index in [1.165, 1.54) is 0 Å². The molecule has 5 heteroatoms. The number of benzene rings is 1. The van der Waals surface area contributed by atoms with Gasteiger partial charge < -0.3 is 5.32 Å². The van der Waals surface area contributed by atoms with Gasteiger partial charge in [-0.1, -0.05) is 30.3 Å². The fourth-order valence-corrected chi connectivity index (χ4v) is 1.76. The van der Waals surface area contributed by atoms with Crippen LogP contribution in [0.2, 0.25) is 0 Å². The Kier molecular flexibility index (Phi) is 2.73. The van der Waals surface area contributed by atoms with E-state index < -0.39 is 6.03 Å². The number of nitrogens with zero attached hydrogens (tertiary/aromatic N) is 1. The molecule has 1 saturated heterocycles. The molecule has 1 aromatic carbocycles. The van der Waals surface area contributed by atoms with E-state index >= 15 is 0 Å². The number of amides is 3. The molecule has 0 saturated carbocycles. The van der Waals surface area contributed by atoms with Crippen LogP contribution >= 0.6 is 16.1 Å². The minimum absolute atomic E-state index is 0.222. The second-order valence-corrected chi connectivity index (χ2v) is 4.00. The van der Waals surface area contributed by atoms with Crippen LogP contribution in [0.5, 0.6) is 0 Å². The highest BCUT2D eigenvalue weighted by molar-refractivity contribution is 9.08. The molecule has 1 heterocycles. The summed E-state index contributed by atoms with van der Waals surface area (Å²) in [6, 6.07) is 8.80. The van der Waals surface area contributed by atoms with E-state index in [0.717, 1.165) is 9.49 Å². The van der Waals surface area contributed by atoms with Gasteiger partial charge >= 0.3 is 6.03 Å². The molecular weight excluding hydrogens is 260 g/mol. The Hall–Kier alpha value is -1.36. The van der Waals surface area contributed by atoms with Crippen molar-refractivity contribution in [3.63, 3.8) is 0 Å². The number of carbonyl (C=O) groups excluding carboxylic acids is 2. The number of hydrogen-bond donors (Lipinski definition) is 1. The molecule has 0 aliphatic carbocycles. The molecule has 0 aromatic heterocycles. The van der Waals surface area contributed by atoms with E-state index in [0.29, 0.717) is 0 Å². The van der Waals surface area contributed by atoms with Crippen molar-refractivity contribution < 1.29 is 9.59 Å². The molecule has 4 nitrogen and oxygen atoms in total. The van der Waals surface area contributed by atoms with Crippen LogP contribution in [0.3, 0.4) is 0 Å². The predicted molar refractivity (Wildman–Crippen MR) is 58.1 cm³/mol. The van der Waals surface area contributed by atoms with Crippen molar-refractivity contribution in [3.8, 4) is 0 Å². The highest BCUT2D eigenvalue weighted by Gasteiger charge is 2.31. The molecule has 78 valence electrons. The van der Waals surface area contributed by atoms with Gasteiger partial charge in [-0.05, 0) is 5.56 Å². The standard InChI is InChI=1S/C10H9BrN2O2/c11-13-9(14)6-8(12-10(13)15)7-4-2-1-3-5-7/h1-5,8H,6H2,(H,12,15). The largest absolute Gasteiger partial charge is 0.334 e. The molecular formula is C10H9BrN2O2. The van der Waals surface area contributed by atoms with Crippen molar-refractivity contribution in [2.45, 2.75) is 12.5 Å². The van der Waals surface area contributed by atoms with Crippen molar-refractivity contribution >= 4 is 28.1 Å². The predicted octanol–water partition coefficient (Wildman–Crippen LogP) is 1.98. The van der Waals surface area contributed by atoms with Crippen LogP contribution < -0.4 is 5.32 Å². The van der Waals surface area contributed by atoms with Crippen LogP contribution in [0, 0.1) is 0 Å². The average Bonchev–Trinajstić information content (AvgIpc) is 2.26. The van der Waals surface area contributed by atoms with E-state index in [1.54, 1.807) is 0 Å². The Balaban J connectivity index is 2.20. The number of halogens is 1. The van der Waals surface area contributed by atoms with Crippen LogP contribution in [0.4, 0.5) is 4.79 Å². The molecule has 1 aliphatic rings. The van der Waals surface area contributed by atoms with Crippen molar-refractivity contribution in [1.82, 2.24) is 9.24 Å². The third-order valence-corrected chi connectivity index (χ3v) is 2.99. The van der Waals surface area contributed by atoms with Crippen LogP contribution in [-0.4, -0.2) is 15.9 Å². The Morgan fingerprint density at radius 1 is 1.27 bits per heavy atom. The molecule has 1 N–H and O–H groups in total. The lowest BCUT2D eigenvalue weighted by molar-refractivity contribution is -0.125. The minimum Gasteiger partial charge on any atom is -0.330 e. The first-order chi connectivity index (χ1) is 7.18. The molecule has 1 unspecified atom stereocenters. The van der Waals surface area contributed by atoms with Gasteiger partial charge in [0, 0.05) is 0 Å². The zero-order valence-electron chi connectivity index (χ0n) is 7.81. The lowest BCUT2D eigenvalue weighted by Gasteiger charge is -2.27. The van der Waals surface area contributed by atoms with Crippen LogP contribution in [-0.2, 0) is 4.79 Å². The smallest absolute Gasteiger partial charge is 0.330 e. The number of carbonyl (C=O) groups is 2. The summed E-state index contributed by atoms with van der Waals surface area (Å²) in [6.45, 7) is 0. The van der Waals surface area contributed by atoms with Crippen molar-refractivity contribution in [2.24, 2.45) is 0 Å². The molecule has 1 fully saturated rings. The highest BCUT2D eigenvalue weighted by atomic mass is 79.9. The van der Waals surface area contributed by atoms with Crippen LogP contribution in [0.25, 0.3) is 0 Å². The Morgan fingerprint density at radius 3 is 2.53 bits per heavy atom. The van der Waals surface area contributed by atoms with Gasteiger partial charge in [-0.2, -0.15) is 3.93 Å². The highest BCUT2D eigenvalue weighted by Crippen LogP contribution is 2.23. The SMILES string of the molecule is O=C1CC(c2ccccc2)NC(=O)N1Br. The van der Waals surface area contributed by atoms with E-state index in [4.69, 9.17) is 0 Å². The van der Waals surface area contributed by atoms with Gasteiger partial charge in [0.25, 0.3) is 0 Å². The number of rotatable bonds is 1. The summed E-state index contributed by atoms with van der Waals surface area (Å²) >= 11 is 2.89. The normalized spacial score (nSPS) is 21.4. The van der Waals surface area contributed by atoms with E-state index in [1.807, 2.05) is 30.3 Å². The molecule has 2 rings (SSSR count). The topological polar surface area (TPSA) is 49.4 Å². The first-order valence-corrected chi connectivity index (χ1v) is 5.23. The third kappa shape index (κ3) is 2.02. The lowest BCUT2D eigenvalue weighted by atomic mass is 10.0. The summed E-state index contributed by atoms with van der Waals surface area (Å²) in [6.07, 6.45) is 0.279. The second kappa shape index (κ2) is 4.02. The van der Waals surface area contributed by atoms with Gasteiger partial charge in [-0.3, -0.25) is 4.79 Å². The maximum absolute atomic E-state index is 11.4. The summed E-state index contributed by atoms with van der Waals surface area (Å²) in [5, 5.41) is 2.73. The second-order valence-electron chi connectivity index (χ2n) is 3.29. The molecule has 1 aliphatic heterocycles. The van der Waals surface area contributed by atoms with Crippen molar-refractivity contribution in [3.05, 3.63) is 35.9 Å². The minimum atomic E-state index is -0.417.